The number of nitrogens with one attached hydrogen (secondary N) is 1. The molecule has 0 aromatic heterocycles. The first kappa shape index (κ1) is 11.0. The Morgan fingerprint density at radius 3 is 2.50 bits per heavy atom. The normalized spacial score (nSPS) is 33.0. The van der Waals surface area contributed by atoms with Crippen molar-refractivity contribution in [3.8, 4) is 0 Å². The lowest BCUT2D eigenvalue weighted by Gasteiger charge is -2.34. The third-order valence-corrected chi connectivity index (χ3v) is 1.95. The van der Waals surface area contributed by atoms with Crippen LogP contribution in [0, 0.1) is 5.92 Å². The van der Waals surface area contributed by atoms with Gasteiger partial charge in [-0.05, 0) is 0 Å². The van der Waals surface area contributed by atoms with Crippen molar-refractivity contribution in [1.29, 1.82) is 0 Å². The number of primary amides is 1. The molecule has 2 unspecified atom stereocenters. The summed E-state index contributed by atoms with van der Waals surface area (Å²) in [7, 11) is 0. The molecule has 2 atom stereocenters. The number of rotatable bonds is 1. The van der Waals surface area contributed by atoms with Crippen LogP contribution in [0.1, 0.15) is 0 Å². The largest absolute Gasteiger partial charge is 0.437 e. The van der Waals surface area contributed by atoms with E-state index in [0.717, 1.165) is 6.08 Å². The van der Waals surface area contributed by atoms with Gasteiger partial charge in [-0.25, -0.2) is 4.39 Å². The van der Waals surface area contributed by atoms with Crippen molar-refractivity contribution in [3.05, 3.63) is 12.2 Å². The number of hydrogen-bond acceptors (Lipinski definition) is 2. The second-order valence-corrected chi connectivity index (χ2v) is 2.90. The van der Waals surface area contributed by atoms with Crippen molar-refractivity contribution in [1.82, 2.24) is 5.32 Å². The second-order valence-electron chi connectivity index (χ2n) is 2.90. The van der Waals surface area contributed by atoms with E-state index in [1.807, 2.05) is 0 Å². The average molecular weight is 212 g/mol. The third kappa shape index (κ3) is 1.59. The summed E-state index contributed by atoms with van der Waals surface area (Å²) >= 11 is 0. The lowest BCUT2D eigenvalue weighted by molar-refractivity contribution is -0.254. The van der Waals surface area contributed by atoms with Crippen LogP contribution in [0.15, 0.2) is 12.2 Å². The first-order valence-electron chi connectivity index (χ1n) is 3.75. The Morgan fingerprint density at radius 2 is 2.14 bits per heavy atom. The molecular weight excluding hydrogens is 204 g/mol. The van der Waals surface area contributed by atoms with Gasteiger partial charge >= 0.3 is 6.18 Å². The molecular formula is C7H8F4N2O. The van der Waals surface area contributed by atoms with Crippen LogP contribution >= 0.6 is 0 Å². The highest BCUT2D eigenvalue weighted by Gasteiger charge is 2.62. The van der Waals surface area contributed by atoms with Crippen molar-refractivity contribution in [3.63, 3.8) is 0 Å². The molecule has 0 saturated carbocycles. The van der Waals surface area contributed by atoms with Crippen LogP contribution in [0.2, 0.25) is 0 Å². The molecule has 0 saturated heterocycles. The maximum Gasteiger partial charge on any atom is 0.437 e. The van der Waals surface area contributed by atoms with Gasteiger partial charge in [0.2, 0.25) is 5.91 Å². The molecule has 1 aliphatic rings. The molecule has 1 heterocycles. The van der Waals surface area contributed by atoms with Crippen LogP contribution in [0.5, 0.6) is 0 Å². The van der Waals surface area contributed by atoms with Gasteiger partial charge in [0.05, 0.1) is 0 Å². The summed E-state index contributed by atoms with van der Waals surface area (Å²) in [6.07, 6.45) is -3.12. The first-order valence-corrected chi connectivity index (χ1v) is 3.75. The Labute approximate surface area is 76.9 Å². The Morgan fingerprint density at radius 1 is 1.57 bits per heavy atom. The Kier molecular flexibility index (Phi) is 2.53. The molecule has 1 aliphatic heterocycles. The number of carbonyl (C=O) groups is 1. The van der Waals surface area contributed by atoms with E-state index in [1.165, 1.54) is 6.08 Å². The van der Waals surface area contributed by atoms with E-state index in [2.05, 4.69) is 5.73 Å². The molecule has 0 aromatic rings. The quantitative estimate of drug-likeness (QED) is 0.377. The van der Waals surface area contributed by atoms with E-state index in [-0.39, 0.29) is 6.54 Å². The number of halogens is 4. The summed E-state index contributed by atoms with van der Waals surface area (Å²) in [6, 6.07) is 0. The second kappa shape index (κ2) is 3.23. The Bertz CT molecular complexity index is 275. The van der Waals surface area contributed by atoms with Crippen molar-refractivity contribution in [2.75, 3.05) is 6.54 Å². The number of nitrogens with two attached hydrogens (primary N) is 1. The molecule has 0 bridgehead atoms. The van der Waals surface area contributed by atoms with Gasteiger partial charge in [0, 0.05) is 6.54 Å². The zero-order valence-corrected chi connectivity index (χ0v) is 6.94. The van der Waals surface area contributed by atoms with Crippen molar-refractivity contribution in [2.45, 2.75) is 12.0 Å². The van der Waals surface area contributed by atoms with E-state index in [9.17, 15) is 22.4 Å². The topological polar surface area (TPSA) is 55.1 Å². The highest BCUT2D eigenvalue weighted by atomic mass is 19.4. The maximum absolute atomic E-state index is 13.4. The lowest BCUT2D eigenvalue weighted by Crippen LogP contribution is -2.62. The molecule has 3 nitrogen and oxygen atoms in total. The molecule has 0 spiro atoms. The molecule has 1 amide bonds. The lowest BCUT2D eigenvalue weighted by atomic mass is 9.92. The summed E-state index contributed by atoms with van der Waals surface area (Å²) in [5.41, 5.74) is 4.67. The van der Waals surface area contributed by atoms with Gasteiger partial charge in [-0.3, -0.25) is 10.1 Å². The van der Waals surface area contributed by atoms with E-state index < -0.39 is 23.8 Å². The first-order chi connectivity index (χ1) is 6.29. The number of hydrogen-bond donors (Lipinski definition) is 2. The van der Waals surface area contributed by atoms with Crippen LogP contribution in [0.3, 0.4) is 0 Å². The van der Waals surface area contributed by atoms with Crippen molar-refractivity contribution in [2.24, 2.45) is 11.7 Å². The van der Waals surface area contributed by atoms with Crippen LogP contribution in [0.25, 0.3) is 0 Å². The van der Waals surface area contributed by atoms with Crippen LogP contribution in [-0.4, -0.2) is 24.4 Å². The SMILES string of the molecule is NC(=O)C1C=CCNC1(F)C(F)(F)F. The molecule has 0 aromatic carbocycles. The van der Waals surface area contributed by atoms with Gasteiger partial charge < -0.3 is 5.73 Å². The minimum absolute atomic E-state index is 0.292. The zero-order chi connectivity index (χ0) is 11.0. The third-order valence-electron chi connectivity index (χ3n) is 1.95. The molecule has 14 heavy (non-hydrogen) atoms. The number of amides is 1. The Balaban J connectivity index is 3.07. The van der Waals surface area contributed by atoms with Crippen molar-refractivity contribution < 1.29 is 22.4 Å². The van der Waals surface area contributed by atoms with E-state index in [0.29, 0.717) is 0 Å². The fraction of sp³-hybridized carbons (Fsp3) is 0.571. The van der Waals surface area contributed by atoms with E-state index in [4.69, 9.17) is 0 Å². The predicted molar refractivity (Wildman–Crippen MR) is 39.7 cm³/mol. The molecule has 0 fully saturated rings. The predicted octanol–water partition coefficient (Wildman–Crippen LogP) is 0.475. The van der Waals surface area contributed by atoms with E-state index >= 15 is 0 Å². The molecule has 3 N–H and O–H groups in total. The molecule has 7 heteroatoms. The van der Waals surface area contributed by atoms with E-state index in [1.54, 1.807) is 5.32 Å². The van der Waals surface area contributed by atoms with Gasteiger partial charge in [0.1, 0.15) is 5.92 Å². The van der Waals surface area contributed by atoms with Crippen molar-refractivity contribution >= 4 is 5.91 Å². The summed E-state index contributed by atoms with van der Waals surface area (Å²) in [5.74, 6) is -7.13. The highest BCUT2D eigenvalue weighted by Crippen LogP contribution is 2.39. The molecule has 80 valence electrons. The number of alkyl halides is 4. The molecule has 1 rings (SSSR count). The maximum atomic E-state index is 13.4. The van der Waals surface area contributed by atoms with Gasteiger partial charge in [-0.15, -0.1) is 0 Å². The van der Waals surface area contributed by atoms with Gasteiger partial charge in [0.15, 0.2) is 0 Å². The summed E-state index contributed by atoms with van der Waals surface area (Å²) in [5, 5.41) is 1.59. The molecule has 0 radical (unpaired) electrons. The fourth-order valence-corrected chi connectivity index (χ4v) is 1.22. The minimum atomic E-state index is -5.17. The van der Waals surface area contributed by atoms with Gasteiger partial charge in [-0.1, -0.05) is 12.2 Å². The van der Waals surface area contributed by atoms with Crippen LogP contribution < -0.4 is 11.1 Å². The summed E-state index contributed by atoms with van der Waals surface area (Å²) in [4.78, 5) is 10.6. The number of carbonyl (C=O) groups excluding carboxylic acids is 1. The summed E-state index contributed by atoms with van der Waals surface area (Å²) in [6.45, 7) is -0.292. The minimum Gasteiger partial charge on any atom is -0.369 e. The zero-order valence-electron chi connectivity index (χ0n) is 6.94. The van der Waals surface area contributed by atoms with Crippen LogP contribution in [0.4, 0.5) is 17.6 Å². The smallest absolute Gasteiger partial charge is 0.369 e. The monoisotopic (exact) mass is 212 g/mol. The molecule has 0 aliphatic carbocycles. The highest BCUT2D eigenvalue weighted by molar-refractivity contribution is 5.80. The fourth-order valence-electron chi connectivity index (χ4n) is 1.22. The average Bonchev–Trinajstić information content (AvgIpc) is 2.02. The summed E-state index contributed by atoms with van der Waals surface area (Å²) < 4.78 is 50.2. The van der Waals surface area contributed by atoms with Crippen LogP contribution in [-0.2, 0) is 4.79 Å². The standard InChI is InChI=1S/C7H8F4N2O/c8-6(7(9,10)11)4(5(12)14)2-1-3-13-6/h1-2,4,13H,3H2,(H2,12,14). The van der Waals surface area contributed by atoms with Gasteiger partial charge in [0.25, 0.3) is 5.79 Å². The van der Waals surface area contributed by atoms with Gasteiger partial charge in [-0.2, -0.15) is 13.2 Å². The Hall–Kier alpha value is -1.11.